The van der Waals surface area contributed by atoms with E-state index in [1.165, 1.54) is 29.3 Å². The predicted octanol–water partition coefficient (Wildman–Crippen LogP) is 4.25. The number of alkyl halides is 3. The summed E-state index contributed by atoms with van der Waals surface area (Å²) in [6.07, 6.45) is 0.265. The molecule has 0 saturated heterocycles. The van der Waals surface area contributed by atoms with Crippen molar-refractivity contribution < 1.29 is 27.6 Å². The second-order valence-electron chi connectivity index (χ2n) is 9.18. The Balaban J connectivity index is 1.32. The molecule has 2 aromatic carbocycles. The highest BCUT2D eigenvalue weighted by molar-refractivity contribution is 6.27. The fourth-order valence-electron chi connectivity index (χ4n) is 4.79. The molecule has 10 heteroatoms. The van der Waals surface area contributed by atoms with Gasteiger partial charge < -0.3 is 10.6 Å². The number of unbranched alkanes of at least 4 members (excludes halogenated alkanes) is 1. The smallest absolute Gasteiger partial charge is 0.372 e. The SMILES string of the molecule is O=CC(=O)C1c2ccc(NC(=O)C(F)(F)F)cc2NCN1CCCCN1CC=C(c2ccccc2)CC1. The van der Waals surface area contributed by atoms with Gasteiger partial charge in [-0.05, 0) is 49.1 Å². The van der Waals surface area contributed by atoms with Crippen LogP contribution in [-0.2, 0) is 14.4 Å². The molecule has 0 radical (unpaired) electrons. The Morgan fingerprint density at radius 1 is 1.08 bits per heavy atom. The van der Waals surface area contributed by atoms with Crippen molar-refractivity contribution in [3.63, 3.8) is 0 Å². The molecule has 2 aliphatic rings. The first-order valence-corrected chi connectivity index (χ1v) is 12.2. The molecule has 2 aromatic rings. The number of amides is 1. The first-order valence-electron chi connectivity index (χ1n) is 12.2. The van der Waals surface area contributed by atoms with E-state index in [1.807, 2.05) is 23.1 Å². The number of hydrogen-bond donors (Lipinski definition) is 2. The lowest BCUT2D eigenvalue weighted by Gasteiger charge is -2.36. The molecule has 2 heterocycles. The Labute approximate surface area is 213 Å². The molecule has 1 unspecified atom stereocenters. The number of ketones is 1. The molecule has 37 heavy (non-hydrogen) atoms. The van der Waals surface area contributed by atoms with E-state index in [-0.39, 0.29) is 18.6 Å². The maximum atomic E-state index is 12.6. The number of nitrogens with zero attached hydrogens (tertiary/aromatic N) is 2. The third kappa shape index (κ3) is 6.64. The van der Waals surface area contributed by atoms with Gasteiger partial charge in [0.1, 0.15) is 6.04 Å². The molecule has 0 fully saturated rings. The van der Waals surface area contributed by atoms with Gasteiger partial charge in [0.05, 0.1) is 6.67 Å². The molecule has 0 bridgehead atoms. The predicted molar refractivity (Wildman–Crippen MR) is 135 cm³/mol. The van der Waals surface area contributed by atoms with Crippen LogP contribution in [0.1, 0.15) is 36.4 Å². The molecule has 2 N–H and O–H groups in total. The van der Waals surface area contributed by atoms with Crippen LogP contribution in [-0.4, -0.2) is 66.8 Å². The number of anilines is 2. The maximum absolute atomic E-state index is 12.6. The minimum absolute atomic E-state index is 0.0506. The molecule has 1 atom stereocenters. The molecular weight excluding hydrogens is 485 g/mol. The number of rotatable bonds is 9. The van der Waals surface area contributed by atoms with Gasteiger partial charge in [0.25, 0.3) is 0 Å². The summed E-state index contributed by atoms with van der Waals surface area (Å²) in [6, 6.07) is 13.6. The standard InChI is InChI=1S/C27H29F3N4O3/c28-27(29,30)26(37)32-21-8-9-22-23(16-21)31-18-34(25(22)24(36)17-35)13-5-4-12-33-14-10-20(11-15-33)19-6-2-1-3-7-19/h1-3,6-10,16-17,25,31H,4-5,11-15,18H2,(H,32,37). The molecule has 196 valence electrons. The average Bonchev–Trinajstić information content (AvgIpc) is 2.90. The van der Waals surface area contributed by atoms with Gasteiger partial charge in [-0.3, -0.25) is 24.2 Å². The van der Waals surface area contributed by atoms with Crippen molar-refractivity contribution in [2.75, 3.05) is 43.5 Å². The minimum atomic E-state index is -5.01. The average molecular weight is 515 g/mol. The van der Waals surface area contributed by atoms with E-state index in [9.17, 15) is 27.6 Å². The zero-order chi connectivity index (χ0) is 26.4. The molecule has 2 aliphatic heterocycles. The Bertz CT molecular complexity index is 1170. The van der Waals surface area contributed by atoms with Crippen LogP contribution >= 0.6 is 0 Å². The lowest BCUT2D eigenvalue weighted by atomic mass is 9.96. The number of nitrogens with one attached hydrogen (secondary N) is 2. The summed E-state index contributed by atoms with van der Waals surface area (Å²) in [5.41, 5.74) is 3.48. The van der Waals surface area contributed by atoms with E-state index in [2.05, 4.69) is 28.4 Å². The molecule has 0 spiro atoms. The lowest BCUT2D eigenvalue weighted by Crippen LogP contribution is -2.42. The second-order valence-corrected chi connectivity index (χ2v) is 9.18. The number of halogens is 3. The van der Waals surface area contributed by atoms with Crippen LogP contribution < -0.4 is 10.6 Å². The molecule has 0 saturated carbocycles. The molecule has 1 amide bonds. The van der Waals surface area contributed by atoms with Crippen molar-refractivity contribution in [2.45, 2.75) is 31.5 Å². The van der Waals surface area contributed by atoms with Crippen molar-refractivity contribution in [1.82, 2.24) is 9.80 Å². The Morgan fingerprint density at radius 2 is 1.84 bits per heavy atom. The van der Waals surface area contributed by atoms with Crippen molar-refractivity contribution >= 4 is 34.9 Å². The van der Waals surface area contributed by atoms with E-state index >= 15 is 0 Å². The first kappa shape index (κ1) is 26.6. The van der Waals surface area contributed by atoms with Crippen molar-refractivity contribution in [1.29, 1.82) is 0 Å². The highest BCUT2D eigenvalue weighted by Crippen LogP contribution is 2.35. The molecule has 4 rings (SSSR count). The number of aldehydes is 1. The summed E-state index contributed by atoms with van der Waals surface area (Å²) in [5.74, 6) is -2.70. The van der Waals surface area contributed by atoms with Crippen LogP contribution in [0.5, 0.6) is 0 Å². The second kappa shape index (κ2) is 11.7. The molecule has 0 aliphatic carbocycles. The largest absolute Gasteiger partial charge is 0.471 e. The Hall–Kier alpha value is -3.50. The van der Waals surface area contributed by atoms with Crippen molar-refractivity contribution in [3.8, 4) is 0 Å². The quantitative estimate of drug-likeness (QED) is 0.296. The normalized spacial score (nSPS) is 18.4. The summed E-state index contributed by atoms with van der Waals surface area (Å²) in [4.78, 5) is 39.3. The highest BCUT2D eigenvalue weighted by atomic mass is 19.4. The number of Topliss-reactive ketones (excluding diaryl/α,β-unsaturated/α-hetero) is 1. The van der Waals surface area contributed by atoms with Gasteiger partial charge >= 0.3 is 12.1 Å². The van der Waals surface area contributed by atoms with Gasteiger partial charge in [-0.1, -0.05) is 42.5 Å². The van der Waals surface area contributed by atoms with Crippen LogP contribution in [0.25, 0.3) is 5.57 Å². The number of benzene rings is 2. The van der Waals surface area contributed by atoms with Crippen LogP contribution in [0, 0.1) is 0 Å². The van der Waals surface area contributed by atoms with Crippen LogP contribution in [0.4, 0.5) is 24.5 Å². The van der Waals surface area contributed by atoms with Crippen LogP contribution in [0.15, 0.2) is 54.6 Å². The van der Waals surface area contributed by atoms with Crippen molar-refractivity contribution in [2.24, 2.45) is 0 Å². The third-order valence-corrected chi connectivity index (χ3v) is 6.69. The topological polar surface area (TPSA) is 81.7 Å². The van der Waals surface area contributed by atoms with Crippen LogP contribution in [0.3, 0.4) is 0 Å². The van der Waals surface area contributed by atoms with Gasteiger partial charge in [-0.25, -0.2) is 0 Å². The number of hydrogen-bond acceptors (Lipinski definition) is 6. The fraction of sp³-hybridized carbons (Fsp3) is 0.370. The zero-order valence-electron chi connectivity index (χ0n) is 20.3. The highest BCUT2D eigenvalue weighted by Gasteiger charge is 2.39. The van der Waals surface area contributed by atoms with Gasteiger partial charge in [0.15, 0.2) is 6.29 Å². The van der Waals surface area contributed by atoms with Gasteiger partial charge in [-0.15, -0.1) is 0 Å². The summed E-state index contributed by atoms with van der Waals surface area (Å²) in [5, 5.41) is 4.90. The number of carbonyl (C=O) groups is 3. The van der Waals surface area contributed by atoms with Crippen LogP contribution in [0.2, 0.25) is 0 Å². The number of carbonyl (C=O) groups excluding carboxylic acids is 3. The Morgan fingerprint density at radius 3 is 2.51 bits per heavy atom. The summed E-state index contributed by atoms with van der Waals surface area (Å²) < 4.78 is 37.7. The number of fused-ring (bicyclic) bond motifs is 1. The van der Waals surface area contributed by atoms with E-state index in [1.54, 1.807) is 5.32 Å². The van der Waals surface area contributed by atoms with E-state index in [4.69, 9.17) is 0 Å². The maximum Gasteiger partial charge on any atom is 0.471 e. The van der Waals surface area contributed by atoms with E-state index in [0.29, 0.717) is 17.8 Å². The first-order chi connectivity index (χ1) is 17.8. The molecule has 7 nitrogen and oxygen atoms in total. The van der Waals surface area contributed by atoms with Crippen molar-refractivity contribution in [3.05, 3.63) is 65.7 Å². The summed E-state index contributed by atoms with van der Waals surface area (Å²) in [6.45, 7) is 3.62. The zero-order valence-corrected chi connectivity index (χ0v) is 20.3. The fourth-order valence-corrected chi connectivity index (χ4v) is 4.79. The molecular formula is C27H29F3N4O3. The lowest BCUT2D eigenvalue weighted by molar-refractivity contribution is -0.167. The molecule has 0 aromatic heterocycles. The van der Waals surface area contributed by atoms with E-state index in [0.717, 1.165) is 38.9 Å². The monoisotopic (exact) mass is 514 g/mol. The Kier molecular flexibility index (Phi) is 8.40. The summed E-state index contributed by atoms with van der Waals surface area (Å²) >= 11 is 0. The van der Waals surface area contributed by atoms with Gasteiger partial charge in [-0.2, -0.15) is 13.2 Å². The summed E-state index contributed by atoms with van der Waals surface area (Å²) in [7, 11) is 0. The minimum Gasteiger partial charge on any atom is -0.372 e. The van der Waals surface area contributed by atoms with Gasteiger partial charge in [0.2, 0.25) is 5.78 Å². The van der Waals surface area contributed by atoms with Gasteiger partial charge in [0, 0.05) is 36.6 Å². The third-order valence-electron chi connectivity index (χ3n) is 6.69. The van der Waals surface area contributed by atoms with E-state index < -0.39 is 23.9 Å².